The van der Waals surface area contributed by atoms with Gasteiger partial charge in [0.2, 0.25) is 0 Å². The molecule has 6 nitrogen and oxygen atoms in total. The molecule has 0 aliphatic carbocycles. The van der Waals surface area contributed by atoms with Crippen LogP contribution in [0.3, 0.4) is 0 Å². The predicted octanol–water partition coefficient (Wildman–Crippen LogP) is 5.33. The summed E-state index contributed by atoms with van der Waals surface area (Å²) in [7, 11) is 1.57. The molecule has 0 spiro atoms. The number of hydrogen-bond acceptors (Lipinski definition) is 6. The molecule has 1 N–H and O–H groups in total. The van der Waals surface area contributed by atoms with Gasteiger partial charge < -0.3 is 10.1 Å². The maximum Gasteiger partial charge on any atom is 0.159 e. The molecule has 3 aromatic rings. The maximum atomic E-state index is 13.5. The van der Waals surface area contributed by atoms with Gasteiger partial charge in [0.05, 0.1) is 17.6 Å². The van der Waals surface area contributed by atoms with E-state index in [0.29, 0.717) is 28.8 Å². The Kier molecular flexibility index (Phi) is 7.20. The number of fused-ring (bicyclic) bond motifs is 1. The first-order chi connectivity index (χ1) is 16.0. The first-order valence-electron chi connectivity index (χ1n) is 11.0. The molecule has 0 unspecified atom stereocenters. The topological polar surface area (TPSA) is 67.4 Å². The third-order valence-corrected chi connectivity index (χ3v) is 6.26. The van der Waals surface area contributed by atoms with E-state index >= 15 is 0 Å². The number of benzene rings is 2. The zero-order chi connectivity index (χ0) is 23.4. The number of carbonyl (C=O) groups is 1. The smallest absolute Gasteiger partial charge is 0.159 e. The van der Waals surface area contributed by atoms with Gasteiger partial charge in [0.1, 0.15) is 23.7 Å². The fourth-order valence-corrected chi connectivity index (χ4v) is 4.21. The number of likely N-dealkylation sites (tertiary alicyclic amines) is 1. The molecule has 1 aliphatic heterocycles. The van der Waals surface area contributed by atoms with Crippen LogP contribution in [0.1, 0.15) is 25.3 Å². The minimum absolute atomic E-state index is 0.00195. The lowest BCUT2D eigenvalue weighted by molar-refractivity contribution is -0.114. The first kappa shape index (κ1) is 23.1. The molecule has 1 aromatic heterocycles. The maximum absolute atomic E-state index is 13.5. The van der Waals surface area contributed by atoms with Crippen molar-refractivity contribution in [3.05, 3.63) is 65.2 Å². The van der Waals surface area contributed by atoms with Crippen LogP contribution in [0.4, 0.5) is 15.9 Å². The number of ether oxygens (including phenoxy) is 1. The van der Waals surface area contributed by atoms with Crippen LogP contribution in [0.25, 0.3) is 10.9 Å². The van der Waals surface area contributed by atoms with Crippen LogP contribution in [0, 0.1) is 5.82 Å². The molecule has 1 aliphatic rings. The molecule has 2 aromatic carbocycles. The number of ketones is 1. The second-order valence-electron chi connectivity index (χ2n) is 8.05. The minimum atomic E-state index is -0.493. The van der Waals surface area contributed by atoms with E-state index < -0.39 is 5.82 Å². The quantitative estimate of drug-likeness (QED) is 0.428. The van der Waals surface area contributed by atoms with Gasteiger partial charge in [-0.1, -0.05) is 24.6 Å². The second-order valence-corrected chi connectivity index (χ2v) is 8.46. The van der Waals surface area contributed by atoms with Gasteiger partial charge in [-0.05, 0) is 43.2 Å². The Bertz CT molecular complexity index is 1200. The molecule has 172 valence electrons. The van der Waals surface area contributed by atoms with E-state index in [1.807, 2.05) is 12.1 Å². The Balaban J connectivity index is 1.55. The number of carbonyl (C=O) groups excluding carboxylic acids is 1. The largest absolute Gasteiger partial charge is 0.496 e. The number of anilines is 2. The van der Waals surface area contributed by atoms with E-state index in [4.69, 9.17) is 16.3 Å². The van der Waals surface area contributed by atoms with Crippen molar-refractivity contribution in [1.29, 1.82) is 0 Å². The normalized spacial score (nSPS) is 16.2. The Morgan fingerprint density at radius 1 is 1.33 bits per heavy atom. The molecule has 0 bridgehead atoms. The van der Waals surface area contributed by atoms with E-state index in [1.54, 1.807) is 25.3 Å². The summed E-state index contributed by atoms with van der Waals surface area (Å²) >= 11 is 5.90. The number of nitrogens with zero attached hydrogens (tertiary/aromatic N) is 3. The van der Waals surface area contributed by atoms with Crippen molar-refractivity contribution in [3.63, 3.8) is 0 Å². The molecule has 33 heavy (non-hydrogen) atoms. The third kappa shape index (κ3) is 5.31. The lowest BCUT2D eigenvalue weighted by atomic mass is 10.0. The van der Waals surface area contributed by atoms with Crippen molar-refractivity contribution >= 4 is 39.8 Å². The average molecular weight is 469 g/mol. The Morgan fingerprint density at radius 2 is 2.18 bits per heavy atom. The van der Waals surface area contributed by atoms with Crippen molar-refractivity contribution in [1.82, 2.24) is 14.9 Å². The van der Waals surface area contributed by atoms with E-state index in [1.165, 1.54) is 24.9 Å². The van der Waals surface area contributed by atoms with Crippen molar-refractivity contribution in [3.8, 4) is 5.75 Å². The van der Waals surface area contributed by atoms with Gasteiger partial charge in [-0.3, -0.25) is 9.69 Å². The van der Waals surface area contributed by atoms with E-state index in [9.17, 15) is 9.18 Å². The van der Waals surface area contributed by atoms with Crippen molar-refractivity contribution in [2.45, 2.75) is 32.2 Å². The lowest BCUT2D eigenvalue weighted by Gasteiger charge is -2.39. The number of nitrogens with one attached hydrogen (secondary N) is 1. The summed E-state index contributed by atoms with van der Waals surface area (Å²) in [6, 6.07) is 8.64. The molecular formula is C25H26ClFN4O2. The zero-order valence-corrected chi connectivity index (χ0v) is 19.4. The Hall–Kier alpha value is -3.03. The van der Waals surface area contributed by atoms with Gasteiger partial charge in [-0.15, -0.1) is 0 Å². The Morgan fingerprint density at radius 3 is 2.88 bits per heavy atom. The molecule has 4 rings (SSSR count). The van der Waals surface area contributed by atoms with Crippen LogP contribution in [0.5, 0.6) is 5.75 Å². The summed E-state index contributed by atoms with van der Waals surface area (Å²) < 4.78 is 19.0. The predicted molar refractivity (Wildman–Crippen MR) is 129 cm³/mol. The summed E-state index contributed by atoms with van der Waals surface area (Å²) in [6.45, 7) is 4.07. The molecule has 0 radical (unpaired) electrons. The highest BCUT2D eigenvalue weighted by atomic mass is 35.5. The van der Waals surface area contributed by atoms with Gasteiger partial charge in [-0.2, -0.15) is 0 Å². The number of allylic oxidation sites excluding steroid dienone is 1. The molecule has 1 saturated heterocycles. The van der Waals surface area contributed by atoms with Crippen LogP contribution in [-0.2, 0) is 11.2 Å². The second kappa shape index (κ2) is 10.3. The van der Waals surface area contributed by atoms with Crippen LogP contribution in [0.2, 0.25) is 5.02 Å². The highest BCUT2D eigenvalue weighted by Crippen LogP contribution is 2.31. The van der Waals surface area contributed by atoms with Crippen molar-refractivity contribution in [2.24, 2.45) is 0 Å². The van der Waals surface area contributed by atoms with Crippen molar-refractivity contribution < 1.29 is 13.9 Å². The van der Waals surface area contributed by atoms with Gasteiger partial charge in [-0.25, -0.2) is 14.4 Å². The molecule has 1 atom stereocenters. The minimum Gasteiger partial charge on any atom is -0.496 e. The molecule has 2 heterocycles. The molecule has 8 heteroatoms. The molecular weight excluding hydrogens is 443 g/mol. The number of hydrogen-bond donors (Lipinski definition) is 1. The lowest BCUT2D eigenvalue weighted by Crippen LogP contribution is -2.47. The highest BCUT2D eigenvalue weighted by Gasteiger charge is 2.24. The average Bonchev–Trinajstić information content (AvgIpc) is 2.78. The summed E-state index contributed by atoms with van der Waals surface area (Å²) in [5.41, 5.74) is 1.99. The van der Waals surface area contributed by atoms with Crippen LogP contribution in [-0.4, -0.2) is 46.9 Å². The summed E-state index contributed by atoms with van der Waals surface area (Å²) in [5, 5.41) is 3.89. The number of rotatable bonds is 9. The SMILES string of the molecule is CC[C@H]1CCN1C/C=C/C(=O)Cc1cc2c(Nc3ccc(F)c(Cl)c3)ncnc2cc1OC. The molecule has 1 fully saturated rings. The fourth-order valence-electron chi connectivity index (χ4n) is 4.03. The first-order valence-corrected chi connectivity index (χ1v) is 11.3. The van der Waals surface area contributed by atoms with E-state index in [-0.39, 0.29) is 17.2 Å². The van der Waals surface area contributed by atoms with Gasteiger partial charge in [0.25, 0.3) is 0 Å². The fraction of sp³-hybridized carbons (Fsp3) is 0.320. The Labute approximate surface area is 197 Å². The molecule has 0 saturated carbocycles. The molecule has 0 amide bonds. The van der Waals surface area contributed by atoms with Crippen LogP contribution in [0.15, 0.2) is 48.8 Å². The summed E-state index contributed by atoms with van der Waals surface area (Å²) in [4.78, 5) is 23.7. The number of methoxy groups -OCH3 is 1. The highest BCUT2D eigenvalue weighted by molar-refractivity contribution is 6.31. The third-order valence-electron chi connectivity index (χ3n) is 5.97. The van der Waals surface area contributed by atoms with E-state index in [2.05, 4.69) is 27.1 Å². The van der Waals surface area contributed by atoms with Crippen LogP contribution < -0.4 is 10.1 Å². The summed E-state index contributed by atoms with van der Waals surface area (Å²) in [5.74, 6) is 0.621. The standard InChI is InChI=1S/C25H26ClFN4O2/c1-3-18-8-10-31(18)9-4-5-19(32)11-16-12-20-23(14-24(16)33-2)28-15-29-25(20)30-17-6-7-22(27)21(26)13-17/h4-7,12-15,18H,3,8-11H2,1-2H3,(H,28,29,30)/b5-4+/t18-/m0/s1. The summed E-state index contributed by atoms with van der Waals surface area (Å²) in [6.07, 6.45) is 7.58. The van der Waals surface area contributed by atoms with Gasteiger partial charge in [0.15, 0.2) is 5.78 Å². The monoisotopic (exact) mass is 468 g/mol. The van der Waals surface area contributed by atoms with Gasteiger partial charge >= 0.3 is 0 Å². The van der Waals surface area contributed by atoms with Gasteiger partial charge in [0, 0.05) is 48.3 Å². The number of aromatic nitrogens is 2. The zero-order valence-electron chi connectivity index (χ0n) is 18.6. The van der Waals surface area contributed by atoms with Crippen molar-refractivity contribution in [2.75, 3.05) is 25.5 Å². The number of halogens is 2. The van der Waals surface area contributed by atoms with Crippen LogP contribution >= 0.6 is 11.6 Å². The van der Waals surface area contributed by atoms with E-state index in [0.717, 1.165) is 30.5 Å².